The predicted molar refractivity (Wildman–Crippen MR) is 109 cm³/mol. The first-order valence-electron chi connectivity index (χ1n) is 9.86. The van der Waals surface area contributed by atoms with Crippen molar-refractivity contribution >= 4 is 11.6 Å². The molecule has 1 aliphatic rings. The number of nitrogens with zero attached hydrogens (tertiary/aromatic N) is 4. The third-order valence-electron chi connectivity index (χ3n) is 5.16. The van der Waals surface area contributed by atoms with Crippen LogP contribution in [0.25, 0.3) is 0 Å². The molecule has 0 aliphatic carbocycles. The Morgan fingerprint density at radius 1 is 1.11 bits per heavy atom. The van der Waals surface area contributed by atoms with Crippen LogP contribution in [-0.2, 0) is 7.05 Å². The number of unbranched alkanes of at least 4 members (excludes halogenated alkanes) is 1. The maximum Gasteiger partial charge on any atom is 0.269 e. The van der Waals surface area contributed by atoms with Crippen LogP contribution in [0.3, 0.4) is 0 Å². The van der Waals surface area contributed by atoms with E-state index in [4.69, 9.17) is 0 Å². The Morgan fingerprint density at radius 3 is 2.56 bits per heavy atom. The summed E-state index contributed by atoms with van der Waals surface area (Å²) in [5, 5.41) is 7.21. The summed E-state index contributed by atoms with van der Waals surface area (Å²) in [5.74, 6) is -0.0372. The van der Waals surface area contributed by atoms with Crippen LogP contribution in [0.4, 0.5) is 5.69 Å². The van der Waals surface area contributed by atoms with E-state index in [2.05, 4.69) is 51.4 Å². The molecule has 0 saturated carbocycles. The van der Waals surface area contributed by atoms with Gasteiger partial charge in [0.1, 0.15) is 5.69 Å². The molecule has 0 unspecified atom stereocenters. The molecule has 1 saturated heterocycles. The fourth-order valence-electron chi connectivity index (χ4n) is 3.63. The highest BCUT2D eigenvalue weighted by atomic mass is 16.2. The van der Waals surface area contributed by atoms with Crippen LogP contribution in [0.5, 0.6) is 0 Å². The van der Waals surface area contributed by atoms with Gasteiger partial charge in [0.05, 0.1) is 5.69 Å². The summed E-state index contributed by atoms with van der Waals surface area (Å²) < 4.78 is 1.64. The van der Waals surface area contributed by atoms with Gasteiger partial charge in [0.15, 0.2) is 0 Å². The van der Waals surface area contributed by atoms with Crippen LogP contribution in [0.2, 0.25) is 0 Å². The fraction of sp³-hybridized carbons (Fsp3) is 0.524. The predicted octanol–water partition coefficient (Wildman–Crippen LogP) is 2.37. The quantitative estimate of drug-likeness (QED) is 0.762. The lowest BCUT2D eigenvalue weighted by Gasteiger charge is -2.36. The smallest absolute Gasteiger partial charge is 0.269 e. The summed E-state index contributed by atoms with van der Waals surface area (Å²) in [6, 6.07) is 10.6. The van der Waals surface area contributed by atoms with Gasteiger partial charge in [-0.3, -0.25) is 14.4 Å². The largest absolute Gasteiger partial charge is 0.369 e. The molecule has 0 spiro atoms. The molecule has 2 heterocycles. The number of piperazine rings is 1. The van der Waals surface area contributed by atoms with Crippen molar-refractivity contribution in [3.8, 4) is 0 Å². The molecule has 1 aliphatic heterocycles. The maximum absolute atomic E-state index is 12.2. The molecule has 146 valence electrons. The Kier molecular flexibility index (Phi) is 6.50. The lowest BCUT2D eigenvalue weighted by Crippen LogP contribution is -2.46. The van der Waals surface area contributed by atoms with Gasteiger partial charge in [0, 0.05) is 45.5 Å². The number of rotatable bonds is 7. The van der Waals surface area contributed by atoms with E-state index in [1.54, 1.807) is 11.7 Å². The number of carbonyl (C=O) groups is 1. The molecule has 1 amide bonds. The normalized spacial score (nSPS) is 15.1. The van der Waals surface area contributed by atoms with E-state index in [0.29, 0.717) is 12.2 Å². The molecular weight excluding hydrogens is 338 g/mol. The monoisotopic (exact) mass is 369 g/mol. The van der Waals surface area contributed by atoms with Crippen molar-refractivity contribution in [2.75, 3.05) is 44.2 Å². The number of nitrogens with one attached hydrogen (secondary N) is 1. The number of hydrogen-bond donors (Lipinski definition) is 1. The zero-order chi connectivity index (χ0) is 19.2. The summed E-state index contributed by atoms with van der Waals surface area (Å²) in [4.78, 5) is 17.1. The molecule has 3 rings (SSSR count). The first kappa shape index (κ1) is 19.4. The molecule has 6 nitrogen and oxygen atoms in total. The van der Waals surface area contributed by atoms with Gasteiger partial charge in [-0.15, -0.1) is 0 Å². The van der Waals surface area contributed by atoms with E-state index in [0.717, 1.165) is 51.3 Å². The van der Waals surface area contributed by atoms with E-state index in [-0.39, 0.29) is 5.91 Å². The van der Waals surface area contributed by atoms with Crippen molar-refractivity contribution in [3.05, 3.63) is 47.3 Å². The van der Waals surface area contributed by atoms with Gasteiger partial charge < -0.3 is 10.2 Å². The van der Waals surface area contributed by atoms with Crippen LogP contribution < -0.4 is 10.2 Å². The molecule has 0 bridgehead atoms. The maximum atomic E-state index is 12.2. The van der Waals surface area contributed by atoms with Crippen LogP contribution >= 0.6 is 0 Å². The second kappa shape index (κ2) is 9.04. The Balaban J connectivity index is 1.31. The molecule has 1 N–H and O–H groups in total. The first-order valence-corrected chi connectivity index (χ1v) is 9.86. The fourth-order valence-corrected chi connectivity index (χ4v) is 3.63. The van der Waals surface area contributed by atoms with E-state index < -0.39 is 0 Å². The van der Waals surface area contributed by atoms with Crippen LogP contribution in [0.15, 0.2) is 30.3 Å². The summed E-state index contributed by atoms with van der Waals surface area (Å²) in [6.45, 7) is 10.2. The first-order chi connectivity index (χ1) is 13.0. The van der Waals surface area contributed by atoms with Gasteiger partial charge >= 0.3 is 0 Å². The van der Waals surface area contributed by atoms with Gasteiger partial charge in [-0.25, -0.2) is 0 Å². The van der Waals surface area contributed by atoms with E-state index in [1.165, 1.54) is 11.3 Å². The van der Waals surface area contributed by atoms with Crippen molar-refractivity contribution < 1.29 is 4.79 Å². The van der Waals surface area contributed by atoms with Crippen molar-refractivity contribution in [1.82, 2.24) is 20.0 Å². The van der Waals surface area contributed by atoms with E-state index >= 15 is 0 Å². The molecule has 0 radical (unpaired) electrons. The molecular formula is C21H31N5O. The molecule has 6 heteroatoms. The van der Waals surface area contributed by atoms with Crippen LogP contribution in [0.1, 0.15) is 34.6 Å². The number of amides is 1. The van der Waals surface area contributed by atoms with E-state index in [1.807, 2.05) is 13.0 Å². The number of aryl methyl sites for hydroxylation is 3. The van der Waals surface area contributed by atoms with Gasteiger partial charge in [-0.2, -0.15) is 5.10 Å². The Morgan fingerprint density at radius 2 is 1.89 bits per heavy atom. The summed E-state index contributed by atoms with van der Waals surface area (Å²) in [7, 11) is 1.80. The highest BCUT2D eigenvalue weighted by molar-refractivity contribution is 5.92. The number of carbonyl (C=O) groups excluding carboxylic acids is 1. The van der Waals surface area contributed by atoms with Gasteiger partial charge in [0.25, 0.3) is 5.91 Å². The molecule has 2 aromatic rings. The Bertz CT molecular complexity index is 762. The van der Waals surface area contributed by atoms with Crippen molar-refractivity contribution in [3.63, 3.8) is 0 Å². The lowest BCUT2D eigenvalue weighted by molar-refractivity contribution is 0.0943. The van der Waals surface area contributed by atoms with E-state index in [9.17, 15) is 4.79 Å². The summed E-state index contributed by atoms with van der Waals surface area (Å²) in [5.41, 5.74) is 4.15. The second-order valence-corrected chi connectivity index (χ2v) is 7.43. The number of hydrogen-bond acceptors (Lipinski definition) is 4. The minimum Gasteiger partial charge on any atom is -0.369 e. The average Bonchev–Trinajstić information content (AvgIpc) is 3.00. The zero-order valence-electron chi connectivity index (χ0n) is 16.7. The topological polar surface area (TPSA) is 53.4 Å². The van der Waals surface area contributed by atoms with Crippen molar-refractivity contribution in [2.45, 2.75) is 26.7 Å². The molecule has 1 aromatic carbocycles. The van der Waals surface area contributed by atoms with Crippen LogP contribution in [0, 0.1) is 13.8 Å². The summed E-state index contributed by atoms with van der Waals surface area (Å²) >= 11 is 0. The third-order valence-corrected chi connectivity index (χ3v) is 5.16. The molecule has 1 aromatic heterocycles. The highest BCUT2D eigenvalue weighted by Gasteiger charge is 2.17. The molecule has 0 atom stereocenters. The second-order valence-electron chi connectivity index (χ2n) is 7.43. The Labute approximate surface area is 162 Å². The van der Waals surface area contributed by atoms with Gasteiger partial charge in [-0.1, -0.05) is 12.1 Å². The SMILES string of the molecule is Cc1cccc(N2CCN(CCCCNC(=O)c3cc(C)nn3C)CC2)c1. The molecule has 1 fully saturated rings. The summed E-state index contributed by atoms with van der Waals surface area (Å²) in [6.07, 6.45) is 2.11. The minimum absolute atomic E-state index is 0.0372. The van der Waals surface area contributed by atoms with Crippen molar-refractivity contribution in [2.24, 2.45) is 7.05 Å². The third kappa shape index (κ3) is 5.32. The standard InChI is InChI=1S/C21H31N5O/c1-17-7-6-8-19(15-17)26-13-11-25(12-14-26)10-5-4-9-22-21(27)20-16-18(2)23-24(20)3/h6-8,15-16H,4-5,9-14H2,1-3H3,(H,22,27). The highest BCUT2D eigenvalue weighted by Crippen LogP contribution is 2.17. The molecule has 27 heavy (non-hydrogen) atoms. The van der Waals surface area contributed by atoms with Gasteiger partial charge in [0.2, 0.25) is 0 Å². The van der Waals surface area contributed by atoms with Crippen molar-refractivity contribution in [1.29, 1.82) is 0 Å². The van der Waals surface area contributed by atoms with Gasteiger partial charge in [-0.05, 0) is 57.0 Å². The number of benzene rings is 1. The lowest BCUT2D eigenvalue weighted by atomic mass is 10.2. The zero-order valence-corrected chi connectivity index (χ0v) is 16.7. The van der Waals surface area contributed by atoms with Crippen LogP contribution in [-0.4, -0.2) is 59.9 Å². The Hall–Kier alpha value is -2.34. The number of anilines is 1. The minimum atomic E-state index is -0.0372. The average molecular weight is 370 g/mol. The number of aromatic nitrogens is 2.